The van der Waals surface area contributed by atoms with Crippen LogP contribution >= 0.6 is 15.9 Å². The van der Waals surface area contributed by atoms with Crippen LogP contribution in [0.4, 0.5) is 5.69 Å². The molecule has 0 radical (unpaired) electrons. The molecule has 1 saturated heterocycles. The Hall–Kier alpha value is -1.70. The van der Waals surface area contributed by atoms with Crippen molar-refractivity contribution in [2.24, 2.45) is 5.92 Å². The lowest BCUT2D eigenvalue weighted by Gasteiger charge is -2.34. The monoisotopic (exact) mass is 476 g/mol. The normalized spacial score (nSPS) is 20.7. The number of nitrogens with zero attached hydrogens (tertiary/aromatic N) is 2. The summed E-state index contributed by atoms with van der Waals surface area (Å²) in [5.74, 6) is -0.0255. The Morgan fingerprint density at radius 2 is 1.72 bits per heavy atom. The predicted molar refractivity (Wildman–Crippen MR) is 117 cm³/mol. The molecule has 2 heterocycles. The first-order chi connectivity index (χ1) is 13.8. The van der Waals surface area contributed by atoms with Crippen LogP contribution in [0.25, 0.3) is 0 Å². The predicted octanol–water partition coefficient (Wildman–Crippen LogP) is 4.14. The van der Waals surface area contributed by atoms with Crippen molar-refractivity contribution >= 4 is 37.5 Å². The molecular formula is C22H25BrN2O3S. The van der Waals surface area contributed by atoms with E-state index in [9.17, 15) is 13.2 Å². The van der Waals surface area contributed by atoms with E-state index in [1.807, 2.05) is 36.1 Å². The standard InChI is InChI=1S/C22H25BrN2O3S/c1-15-3-6-20(7-4-15)29(27,28)24-11-9-17(10-12-24)22(26)25-16(2)13-18-14-19(23)5-8-21(18)25/h3-8,14,16-17H,9-13H2,1-2H3/t16-/m1/s1. The zero-order valence-corrected chi connectivity index (χ0v) is 19.0. The second kappa shape index (κ2) is 7.85. The van der Waals surface area contributed by atoms with Crippen LogP contribution in [0.3, 0.4) is 0 Å². The number of carbonyl (C=O) groups is 1. The van der Waals surface area contributed by atoms with Crippen molar-refractivity contribution in [2.45, 2.75) is 44.0 Å². The minimum absolute atomic E-state index is 0.117. The van der Waals surface area contributed by atoms with E-state index in [0.717, 1.165) is 22.1 Å². The summed E-state index contributed by atoms with van der Waals surface area (Å²) in [6.45, 7) is 4.76. The number of amides is 1. The fraction of sp³-hybridized carbons (Fsp3) is 0.409. The van der Waals surface area contributed by atoms with Gasteiger partial charge in [0, 0.05) is 35.2 Å². The van der Waals surface area contributed by atoms with Gasteiger partial charge in [0.05, 0.1) is 4.90 Å². The van der Waals surface area contributed by atoms with E-state index < -0.39 is 10.0 Å². The number of piperidine rings is 1. The van der Waals surface area contributed by atoms with Gasteiger partial charge in [0.2, 0.25) is 15.9 Å². The number of benzene rings is 2. The molecule has 1 amide bonds. The number of aryl methyl sites for hydroxylation is 1. The minimum Gasteiger partial charge on any atom is -0.309 e. The Morgan fingerprint density at radius 3 is 2.38 bits per heavy atom. The molecule has 0 N–H and O–H groups in total. The van der Waals surface area contributed by atoms with Crippen molar-refractivity contribution in [1.29, 1.82) is 0 Å². The second-order valence-electron chi connectivity index (χ2n) is 8.03. The number of halogens is 1. The maximum absolute atomic E-state index is 13.3. The molecule has 5 nitrogen and oxygen atoms in total. The van der Waals surface area contributed by atoms with Crippen LogP contribution in [0.2, 0.25) is 0 Å². The fourth-order valence-electron chi connectivity index (χ4n) is 4.33. The zero-order chi connectivity index (χ0) is 20.8. The first-order valence-corrected chi connectivity index (χ1v) is 12.2. The number of anilines is 1. The zero-order valence-electron chi connectivity index (χ0n) is 16.6. The van der Waals surface area contributed by atoms with Gasteiger partial charge in [-0.05, 0) is 69.0 Å². The summed E-state index contributed by atoms with van der Waals surface area (Å²) in [5.41, 5.74) is 3.19. The maximum atomic E-state index is 13.3. The molecule has 4 rings (SSSR count). The molecular weight excluding hydrogens is 452 g/mol. The molecule has 0 aliphatic carbocycles. The van der Waals surface area contributed by atoms with Crippen molar-refractivity contribution in [2.75, 3.05) is 18.0 Å². The molecule has 7 heteroatoms. The number of fused-ring (bicyclic) bond motifs is 1. The number of rotatable bonds is 3. The molecule has 2 aliphatic rings. The number of hydrogen-bond acceptors (Lipinski definition) is 3. The third kappa shape index (κ3) is 3.88. The lowest BCUT2D eigenvalue weighted by Crippen LogP contribution is -2.46. The van der Waals surface area contributed by atoms with Crippen molar-refractivity contribution in [3.05, 3.63) is 58.1 Å². The van der Waals surface area contributed by atoms with Gasteiger partial charge in [-0.2, -0.15) is 4.31 Å². The first kappa shape index (κ1) is 20.6. The van der Waals surface area contributed by atoms with Gasteiger partial charge in [0.25, 0.3) is 0 Å². The molecule has 2 aliphatic heterocycles. The van der Waals surface area contributed by atoms with Crippen LogP contribution in [0.5, 0.6) is 0 Å². The van der Waals surface area contributed by atoms with Crippen LogP contribution in [0.15, 0.2) is 51.8 Å². The van der Waals surface area contributed by atoms with E-state index in [1.54, 1.807) is 12.1 Å². The van der Waals surface area contributed by atoms with Crippen molar-refractivity contribution in [1.82, 2.24) is 4.31 Å². The SMILES string of the molecule is Cc1ccc(S(=O)(=O)N2CCC(C(=O)N3c4ccc(Br)cc4C[C@H]3C)CC2)cc1. The molecule has 2 aromatic carbocycles. The van der Waals surface area contributed by atoms with Crippen molar-refractivity contribution in [3.63, 3.8) is 0 Å². The van der Waals surface area contributed by atoms with E-state index in [2.05, 4.69) is 28.9 Å². The van der Waals surface area contributed by atoms with Crippen LogP contribution in [0, 0.1) is 12.8 Å². The van der Waals surface area contributed by atoms with Gasteiger partial charge in [-0.1, -0.05) is 33.6 Å². The lowest BCUT2D eigenvalue weighted by atomic mass is 9.96. The average molecular weight is 477 g/mol. The van der Waals surface area contributed by atoms with Gasteiger partial charge in [-0.3, -0.25) is 4.79 Å². The summed E-state index contributed by atoms with van der Waals surface area (Å²) in [7, 11) is -3.51. The van der Waals surface area contributed by atoms with Crippen LogP contribution < -0.4 is 4.90 Å². The van der Waals surface area contributed by atoms with E-state index in [1.165, 1.54) is 9.87 Å². The Labute approximate surface area is 180 Å². The highest BCUT2D eigenvalue weighted by molar-refractivity contribution is 9.10. The van der Waals surface area contributed by atoms with Crippen molar-refractivity contribution in [3.8, 4) is 0 Å². The van der Waals surface area contributed by atoms with Crippen LogP contribution in [-0.4, -0.2) is 37.8 Å². The van der Waals surface area contributed by atoms with Crippen LogP contribution in [-0.2, 0) is 21.2 Å². The molecule has 29 heavy (non-hydrogen) atoms. The minimum atomic E-state index is -3.51. The number of carbonyl (C=O) groups excluding carboxylic acids is 1. The summed E-state index contributed by atoms with van der Waals surface area (Å²) in [4.78, 5) is 15.5. The molecule has 0 unspecified atom stereocenters. The molecule has 0 aromatic heterocycles. The Bertz CT molecular complexity index is 1030. The number of hydrogen-bond donors (Lipinski definition) is 0. The highest BCUT2D eigenvalue weighted by Gasteiger charge is 2.38. The molecule has 154 valence electrons. The van der Waals surface area contributed by atoms with E-state index in [-0.39, 0.29) is 17.9 Å². The van der Waals surface area contributed by atoms with E-state index in [0.29, 0.717) is 30.8 Å². The topological polar surface area (TPSA) is 57.7 Å². The second-order valence-corrected chi connectivity index (χ2v) is 10.9. The van der Waals surface area contributed by atoms with E-state index >= 15 is 0 Å². The Morgan fingerprint density at radius 1 is 1.07 bits per heavy atom. The summed E-state index contributed by atoms with van der Waals surface area (Å²) < 4.78 is 28.3. The van der Waals surface area contributed by atoms with Gasteiger partial charge in [-0.25, -0.2) is 8.42 Å². The molecule has 0 bridgehead atoms. The lowest BCUT2D eigenvalue weighted by molar-refractivity contribution is -0.123. The summed E-state index contributed by atoms with van der Waals surface area (Å²) >= 11 is 3.50. The highest BCUT2D eigenvalue weighted by Crippen LogP contribution is 2.36. The summed E-state index contributed by atoms with van der Waals surface area (Å²) in [6, 6.07) is 13.1. The Balaban J connectivity index is 1.46. The smallest absolute Gasteiger partial charge is 0.243 e. The largest absolute Gasteiger partial charge is 0.309 e. The third-order valence-corrected chi connectivity index (χ3v) is 8.36. The van der Waals surface area contributed by atoms with Crippen molar-refractivity contribution < 1.29 is 13.2 Å². The summed E-state index contributed by atoms with van der Waals surface area (Å²) in [5, 5.41) is 0. The van der Waals surface area contributed by atoms with Gasteiger partial charge < -0.3 is 4.90 Å². The van der Waals surface area contributed by atoms with E-state index in [4.69, 9.17) is 0 Å². The molecule has 2 aromatic rings. The van der Waals surface area contributed by atoms with Gasteiger partial charge in [0.1, 0.15) is 0 Å². The van der Waals surface area contributed by atoms with Gasteiger partial charge >= 0.3 is 0 Å². The molecule has 0 saturated carbocycles. The Kier molecular flexibility index (Phi) is 5.57. The van der Waals surface area contributed by atoms with Gasteiger partial charge in [-0.15, -0.1) is 0 Å². The molecule has 1 fully saturated rings. The summed E-state index contributed by atoms with van der Waals surface area (Å²) in [6.07, 6.45) is 1.96. The fourth-order valence-corrected chi connectivity index (χ4v) is 6.21. The average Bonchev–Trinajstić information content (AvgIpc) is 3.02. The van der Waals surface area contributed by atoms with Gasteiger partial charge in [0.15, 0.2) is 0 Å². The maximum Gasteiger partial charge on any atom is 0.243 e. The molecule has 0 spiro atoms. The quantitative estimate of drug-likeness (QED) is 0.668. The first-order valence-electron chi connectivity index (χ1n) is 9.95. The number of sulfonamides is 1. The third-order valence-electron chi connectivity index (χ3n) is 5.96. The van der Waals surface area contributed by atoms with Crippen LogP contribution in [0.1, 0.15) is 30.9 Å². The highest BCUT2D eigenvalue weighted by atomic mass is 79.9. The molecule has 1 atom stereocenters.